The van der Waals surface area contributed by atoms with E-state index in [2.05, 4.69) is 16.3 Å². The summed E-state index contributed by atoms with van der Waals surface area (Å²) >= 11 is 0. The Morgan fingerprint density at radius 2 is 1.94 bits per heavy atom. The summed E-state index contributed by atoms with van der Waals surface area (Å²) in [6.07, 6.45) is 0. The van der Waals surface area contributed by atoms with E-state index in [1.165, 1.54) is 6.92 Å². The van der Waals surface area contributed by atoms with E-state index < -0.39 is 29.0 Å². The van der Waals surface area contributed by atoms with Gasteiger partial charge in [0.05, 0.1) is 12.7 Å². The fraction of sp³-hybridized carbons (Fsp3) is 0.200. The molecule has 0 spiro atoms. The number of esters is 1. The van der Waals surface area contributed by atoms with Gasteiger partial charge in [-0.15, -0.1) is 0 Å². The lowest BCUT2D eigenvalue weighted by molar-refractivity contribution is -0.139. The summed E-state index contributed by atoms with van der Waals surface area (Å²) in [7, 11) is 1.05. The molecule has 0 bridgehead atoms. The Labute approximate surface area is 90.9 Å². The standard InChI is InChI=1S/C10H9NO5/c1-4-5(2)11-8(12)7(10(15)16-3)6(4)9(13)14/h1H2,2-3H3,(H,13,14). The third-order valence-corrected chi connectivity index (χ3v) is 2.08. The lowest BCUT2D eigenvalue weighted by atomic mass is 9.94. The highest BCUT2D eigenvalue weighted by Crippen LogP contribution is 2.22. The van der Waals surface area contributed by atoms with Crippen LogP contribution in [-0.2, 0) is 19.1 Å². The minimum atomic E-state index is -1.41. The minimum absolute atomic E-state index is 0.0347. The van der Waals surface area contributed by atoms with E-state index in [4.69, 9.17) is 5.11 Å². The smallest absolute Gasteiger partial charge is 0.344 e. The average molecular weight is 223 g/mol. The molecular formula is C10H9NO5. The molecule has 0 fully saturated rings. The number of aliphatic imine (C=N–C) groups is 1. The summed E-state index contributed by atoms with van der Waals surface area (Å²) in [5, 5.41) is 8.93. The molecule has 0 radical (unpaired) electrons. The molecule has 1 N–H and O–H groups in total. The number of nitrogens with zero attached hydrogens (tertiary/aromatic N) is 1. The number of carbonyl (C=O) groups excluding carboxylic acids is 2. The van der Waals surface area contributed by atoms with Crippen molar-refractivity contribution in [3.8, 4) is 0 Å². The molecule has 1 amide bonds. The predicted molar refractivity (Wildman–Crippen MR) is 53.9 cm³/mol. The van der Waals surface area contributed by atoms with Crippen LogP contribution in [0.4, 0.5) is 0 Å². The number of carboxylic acid groups (broad SMARTS) is 1. The molecule has 0 saturated heterocycles. The molecule has 1 aliphatic heterocycles. The molecule has 0 unspecified atom stereocenters. The Bertz CT molecular complexity index is 470. The minimum Gasteiger partial charge on any atom is -0.478 e. The lowest BCUT2D eigenvalue weighted by Crippen LogP contribution is -2.26. The van der Waals surface area contributed by atoms with Gasteiger partial charge in [-0.3, -0.25) is 4.79 Å². The summed E-state index contributed by atoms with van der Waals surface area (Å²) in [5.74, 6) is -3.36. The Balaban J connectivity index is 3.45. The fourth-order valence-electron chi connectivity index (χ4n) is 1.24. The number of ether oxygens (including phenoxy) is 1. The van der Waals surface area contributed by atoms with Crippen molar-refractivity contribution in [3.63, 3.8) is 0 Å². The summed E-state index contributed by atoms with van der Waals surface area (Å²) in [6.45, 7) is 4.91. The first-order chi connectivity index (χ1) is 7.40. The Kier molecular flexibility index (Phi) is 3.03. The van der Waals surface area contributed by atoms with Crippen molar-refractivity contribution in [1.29, 1.82) is 0 Å². The Morgan fingerprint density at radius 1 is 1.38 bits per heavy atom. The van der Waals surface area contributed by atoms with Crippen LogP contribution in [0.25, 0.3) is 0 Å². The average Bonchev–Trinajstić information content (AvgIpc) is 2.21. The fourth-order valence-corrected chi connectivity index (χ4v) is 1.24. The number of hydrogen-bond acceptors (Lipinski definition) is 4. The first-order valence-corrected chi connectivity index (χ1v) is 4.25. The summed E-state index contributed by atoms with van der Waals surface area (Å²) in [4.78, 5) is 37.1. The molecule has 0 aromatic heterocycles. The van der Waals surface area contributed by atoms with Crippen molar-refractivity contribution in [3.05, 3.63) is 23.3 Å². The highest BCUT2D eigenvalue weighted by molar-refractivity contribution is 6.30. The van der Waals surface area contributed by atoms with Gasteiger partial charge < -0.3 is 9.84 Å². The van der Waals surface area contributed by atoms with Gasteiger partial charge >= 0.3 is 11.9 Å². The molecule has 0 aromatic carbocycles. The highest BCUT2D eigenvalue weighted by atomic mass is 16.5. The number of aliphatic carboxylic acids is 1. The maximum Gasteiger partial charge on any atom is 0.344 e. The van der Waals surface area contributed by atoms with Crippen LogP contribution in [0.2, 0.25) is 0 Å². The molecule has 0 aromatic rings. The van der Waals surface area contributed by atoms with Crippen LogP contribution < -0.4 is 0 Å². The van der Waals surface area contributed by atoms with Crippen LogP contribution >= 0.6 is 0 Å². The summed E-state index contributed by atoms with van der Waals surface area (Å²) in [6, 6.07) is 0. The number of methoxy groups -OCH3 is 1. The largest absolute Gasteiger partial charge is 0.478 e. The van der Waals surface area contributed by atoms with Crippen molar-refractivity contribution >= 4 is 23.6 Å². The monoisotopic (exact) mass is 223 g/mol. The maximum atomic E-state index is 11.4. The zero-order chi connectivity index (χ0) is 12.5. The number of amides is 1. The normalized spacial score (nSPS) is 16.0. The number of carbonyl (C=O) groups is 3. The van der Waals surface area contributed by atoms with Gasteiger partial charge in [-0.25, -0.2) is 14.6 Å². The van der Waals surface area contributed by atoms with Gasteiger partial charge in [0.2, 0.25) is 0 Å². The quantitative estimate of drug-likeness (QED) is 0.529. The molecule has 0 aliphatic carbocycles. The molecule has 1 rings (SSSR count). The van der Waals surface area contributed by atoms with Crippen LogP contribution in [0, 0.1) is 0 Å². The van der Waals surface area contributed by atoms with E-state index in [-0.39, 0.29) is 11.3 Å². The van der Waals surface area contributed by atoms with E-state index >= 15 is 0 Å². The van der Waals surface area contributed by atoms with E-state index in [0.29, 0.717) is 0 Å². The SMILES string of the molecule is C=C1C(C)=NC(=O)C(C(=O)OC)=C1C(=O)O. The number of hydrogen-bond donors (Lipinski definition) is 1. The van der Waals surface area contributed by atoms with Crippen molar-refractivity contribution in [2.45, 2.75) is 6.92 Å². The van der Waals surface area contributed by atoms with E-state index in [0.717, 1.165) is 7.11 Å². The molecule has 1 aliphatic rings. The van der Waals surface area contributed by atoms with Crippen LogP contribution in [0.1, 0.15) is 6.92 Å². The third-order valence-electron chi connectivity index (χ3n) is 2.08. The van der Waals surface area contributed by atoms with Gasteiger partial charge in [0.15, 0.2) is 0 Å². The first-order valence-electron chi connectivity index (χ1n) is 4.25. The molecule has 1 heterocycles. The summed E-state index contributed by atoms with van der Waals surface area (Å²) < 4.78 is 4.33. The van der Waals surface area contributed by atoms with Gasteiger partial charge in [-0.05, 0) is 6.92 Å². The second kappa shape index (κ2) is 4.09. The lowest BCUT2D eigenvalue weighted by Gasteiger charge is -2.14. The van der Waals surface area contributed by atoms with E-state index in [9.17, 15) is 14.4 Å². The first kappa shape index (κ1) is 11.8. The molecule has 6 nitrogen and oxygen atoms in total. The Morgan fingerprint density at radius 3 is 2.38 bits per heavy atom. The van der Waals surface area contributed by atoms with Crippen molar-refractivity contribution in [2.24, 2.45) is 4.99 Å². The molecule has 84 valence electrons. The van der Waals surface area contributed by atoms with Crippen molar-refractivity contribution < 1.29 is 24.2 Å². The topological polar surface area (TPSA) is 93.0 Å². The van der Waals surface area contributed by atoms with Crippen LogP contribution in [-0.4, -0.2) is 35.8 Å². The number of carboxylic acids is 1. The van der Waals surface area contributed by atoms with Crippen LogP contribution in [0.15, 0.2) is 28.3 Å². The van der Waals surface area contributed by atoms with E-state index in [1.54, 1.807) is 0 Å². The van der Waals surface area contributed by atoms with Gasteiger partial charge in [0.25, 0.3) is 5.91 Å². The van der Waals surface area contributed by atoms with E-state index in [1.807, 2.05) is 0 Å². The highest BCUT2D eigenvalue weighted by Gasteiger charge is 2.33. The third kappa shape index (κ3) is 1.77. The Hall–Kier alpha value is -2.24. The molecule has 16 heavy (non-hydrogen) atoms. The zero-order valence-electron chi connectivity index (χ0n) is 8.73. The molecule has 0 saturated carbocycles. The maximum absolute atomic E-state index is 11.4. The molecule has 0 atom stereocenters. The number of dihydropyridines is 1. The van der Waals surface area contributed by atoms with Gasteiger partial charge in [-0.1, -0.05) is 6.58 Å². The predicted octanol–water partition coefficient (Wildman–Crippen LogP) is 0.0979. The van der Waals surface area contributed by atoms with Gasteiger partial charge in [0.1, 0.15) is 5.57 Å². The van der Waals surface area contributed by atoms with Crippen LogP contribution in [0.5, 0.6) is 0 Å². The second-order valence-electron chi connectivity index (χ2n) is 3.03. The van der Waals surface area contributed by atoms with Gasteiger partial charge in [-0.2, -0.15) is 0 Å². The molecule has 6 heteroatoms. The molecular weight excluding hydrogens is 214 g/mol. The summed E-state index contributed by atoms with van der Waals surface area (Å²) in [5.41, 5.74) is -0.836. The number of rotatable bonds is 2. The van der Waals surface area contributed by atoms with Gasteiger partial charge in [0, 0.05) is 11.3 Å². The van der Waals surface area contributed by atoms with Crippen molar-refractivity contribution in [1.82, 2.24) is 0 Å². The van der Waals surface area contributed by atoms with Crippen LogP contribution in [0.3, 0.4) is 0 Å². The van der Waals surface area contributed by atoms with Crippen molar-refractivity contribution in [2.75, 3.05) is 7.11 Å². The zero-order valence-corrected chi connectivity index (χ0v) is 8.73. The second-order valence-corrected chi connectivity index (χ2v) is 3.03.